The Balaban J connectivity index is 2.01. The van der Waals surface area contributed by atoms with E-state index in [1.807, 2.05) is 54.1 Å². The lowest BCUT2D eigenvalue weighted by Crippen LogP contribution is -2.10. The van der Waals surface area contributed by atoms with Crippen molar-refractivity contribution in [3.8, 4) is 23.5 Å². The van der Waals surface area contributed by atoms with E-state index in [1.165, 1.54) is 0 Å². The molecule has 0 saturated carbocycles. The number of aromatic nitrogens is 5. The summed E-state index contributed by atoms with van der Waals surface area (Å²) in [7, 11) is 1.88. The van der Waals surface area contributed by atoms with E-state index in [0.717, 1.165) is 11.4 Å². The van der Waals surface area contributed by atoms with Crippen molar-refractivity contribution in [1.29, 1.82) is 10.5 Å². The number of nitrogens with zero attached hydrogens (tertiary/aromatic N) is 7. The van der Waals surface area contributed by atoms with Gasteiger partial charge in [0.1, 0.15) is 18.0 Å². The zero-order valence-electron chi connectivity index (χ0n) is 12.7. The summed E-state index contributed by atoms with van der Waals surface area (Å²) in [6.07, 6.45) is 0. The van der Waals surface area contributed by atoms with Gasteiger partial charge in [0.15, 0.2) is 23.0 Å². The van der Waals surface area contributed by atoms with Crippen molar-refractivity contribution in [1.82, 2.24) is 24.3 Å². The average molecular weight is 303 g/mol. The Morgan fingerprint density at radius 2 is 1.83 bits per heavy atom. The minimum Gasteiger partial charge on any atom is -0.313 e. The summed E-state index contributed by atoms with van der Waals surface area (Å²) < 4.78 is 3.55. The molecule has 0 fully saturated rings. The lowest BCUT2D eigenvalue weighted by Gasteiger charge is -2.07. The fourth-order valence-corrected chi connectivity index (χ4v) is 2.43. The van der Waals surface area contributed by atoms with Crippen molar-refractivity contribution in [3.05, 3.63) is 53.4 Å². The number of hydrogen-bond donors (Lipinski definition) is 0. The highest BCUT2D eigenvalue weighted by molar-refractivity contribution is 5.54. The number of aryl methyl sites for hydroxylation is 1. The van der Waals surface area contributed by atoms with Gasteiger partial charge in [0.25, 0.3) is 0 Å². The van der Waals surface area contributed by atoms with E-state index in [-0.39, 0.29) is 11.4 Å². The Kier molecular flexibility index (Phi) is 3.62. The summed E-state index contributed by atoms with van der Waals surface area (Å²) in [5.41, 5.74) is 1.35. The summed E-state index contributed by atoms with van der Waals surface area (Å²) in [5.74, 6) is 2.03. The van der Waals surface area contributed by atoms with Crippen molar-refractivity contribution in [2.24, 2.45) is 7.05 Å². The smallest absolute Gasteiger partial charge is 0.177 e. The predicted octanol–water partition coefficient (Wildman–Crippen LogP) is 1.78. The van der Waals surface area contributed by atoms with Crippen LogP contribution < -0.4 is 0 Å². The molecule has 0 saturated heterocycles. The van der Waals surface area contributed by atoms with Gasteiger partial charge in [-0.25, -0.2) is 4.98 Å². The highest BCUT2D eigenvalue weighted by atomic mass is 15.3. The fraction of sp³-hybridized carbons (Fsp3) is 0.188. The average Bonchev–Trinajstić information content (AvgIpc) is 3.09. The predicted molar refractivity (Wildman–Crippen MR) is 81.9 cm³/mol. The van der Waals surface area contributed by atoms with Gasteiger partial charge in [-0.3, -0.25) is 0 Å². The first kappa shape index (κ1) is 14.5. The molecule has 7 nitrogen and oxygen atoms in total. The lowest BCUT2D eigenvalue weighted by atomic mass is 10.2. The molecule has 2 heterocycles. The third-order valence-electron chi connectivity index (χ3n) is 3.67. The molecule has 0 N–H and O–H groups in total. The number of rotatable bonds is 3. The second-order valence-electron chi connectivity index (χ2n) is 5.03. The van der Waals surface area contributed by atoms with Gasteiger partial charge in [0, 0.05) is 12.6 Å². The summed E-state index contributed by atoms with van der Waals surface area (Å²) in [4.78, 5) is 4.11. The van der Waals surface area contributed by atoms with Gasteiger partial charge in [-0.2, -0.15) is 10.5 Å². The first-order valence-corrected chi connectivity index (χ1v) is 6.96. The van der Waals surface area contributed by atoms with E-state index in [9.17, 15) is 5.26 Å². The SMILES string of the molecule is Cc1nc(C#N)c(C#N)n1Cc1nnc(-c2ccccc2)n1C. The van der Waals surface area contributed by atoms with Crippen LogP contribution in [0.5, 0.6) is 0 Å². The van der Waals surface area contributed by atoms with Crippen molar-refractivity contribution in [2.45, 2.75) is 13.5 Å². The maximum Gasteiger partial charge on any atom is 0.177 e. The van der Waals surface area contributed by atoms with Crippen LogP contribution in [-0.4, -0.2) is 24.3 Å². The molecule has 3 rings (SSSR count). The van der Waals surface area contributed by atoms with Gasteiger partial charge in [-0.05, 0) is 6.92 Å². The summed E-state index contributed by atoms with van der Waals surface area (Å²) in [6.45, 7) is 2.09. The summed E-state index contributed by atoms with van der Waals surface area (Å²) in [6, 6.07) is 13.7. The Morgan fingerprint density at radius 3 is 2.48 bits per heavy atom. The molecule has 0 bridgehead atoms. The van der Waals surface area contributed by atoms with Gasteiger partial charge in [0.05, 0.1) is 6.54 Å². The van der Waals surface area contributed by atoms with Crippen molar-refractivity contribution >= 4 is 0 Å². The standard InChI is InChI=1S/C16H13N7/c1-11-19-13(8-17)14(9-18)23(11)10-15-20-21-16(22(15)2)12-6-4-3-5-7-12/h3-7H,10H2,1-2H3. The van der Waals surface area contributed by atoms with Gasteiger partial charge < -0.3 is 9.13 Å². The molecule has 0 aliphatic heterocycles. The van der Waals surface area contributed by atoms with Crippen LogP contribution in [0.25, 0.3) is 11.4 Å². The fourth-order valence-electron chi connectivity index (χ4n) is 2.43. The largest absolute Gasteiger partial charge is 0.313 e. The van der Waals surface area contributed by atoms with Crippen LogP contribution in [0.4, 0.5) is 0 Å². The van der Waals surface area contributed by atoms with E-state index < -0.39 is 0 Å². The van der Waals surface area contributed by atoms with Crippen LogP contribution in [0.15, 0.2) is 30.3 Å². The highest BCUT2D eigenvalue weighted by Crippen LogP contribution is 2.18. The molecule has 0 aliphatic carbocycles. The molecule has 3 aromatic rings. The van der Waals surface area contributed by atoms with Gasteiger partial charge in [-0.15, -0.1) is 10.2 Å². The normalized spacial score (nSPS) is 10.3. The Bertz CT molecular complexity index is 935. The molecule has 0 unspecified atom stereocenters. The zero-order chi connectivity index (χ0) is 16.4. The van der Waals surface area contributed by atoms with Gasteiger partial charge in [0.2, 0.25) is 0 Å². The molecular formula is C16H13N7. The monoisotopic (exact) mass is 303 g/mol. The Morgan fingerprint density at radius 1 is 1.09 bits per heavy atom. The first-order valence-electron chi connectivity index (χ1n) is 6.96. The third kappa shape index (κ3) is 2.45. The third-order valence-corrected chi connectivity index (χ3v) is 3.67. The van der Waals surface area contributed by atoms with Crippen LogP contribution in [0, 0.1) is 29.6 Å². The Labute approximate surface area is 133 Å². The van der Waals surface area contributed by atoms with Crippen LogP contribution in [-0.2, 0) is 13.6 Å². The zero-order valence-corrected chi connectivity index (χ0v) is 12.7. The van der Waals surface area contributed by atoms with E-state index in [4.69, 9.17) is 5.26 Å². The molecule has 7 heteroatoms. The van der Waals surface area contributed by atoms with E-state index >= 15 is 0 Å². The molecule has 0 atom stereocenters. The molecule has 1 aromatic carbocycles. The van der Waals surface area contributed by atoms with Crippen LogP contribution in [0.1, 0.15) is 23.0 Å². The highest BCUT2D eigenvalue weighted by Gasteiger charge is 2.17. The number of hydrogen-bond acceptors (Lipinski definition) is 5. The maximum absolute atomic E-state index is 9.27. The van der Waals surface area contributed by atoms with Crippen molar-refractivity contribution < 1.29 is 0 Å². The minimum atomic E-state index is 0.135. The molecule has 0 spiro atoms. The van der Waals surface area contributed by atoms with E-state index in [2.05, 4.69) is 15.2 Å². The van der Waals surface area contributed by atoms with Crippen LogP contribution >= 0.6 is 0 Å². The summed E-state index contributed by atoms with van der Waals surface area (Å²) >= 11 is 0. The molecule has 0 aliphatic rings. The van der Waals surface area contributed by atoms with E-state index in [1.54, 1.807) is 11.5 Å². The van der Waals surface area contributed by atoms with Crippen molar-refractivity contribution in [2.75, 3.05) is 0 Å². The number of imidazole rings is 1. The lowest BCUT2D eigenvalue weighted by molar-refractivity contribution is 0.675. The Hall–Kier alpha value is -3.45. The molecule has 2 aromatic heterocycles. The molecular weight excluding hydrogens is 290 g/mol. The van der Waals surface area contributed by atoms with Gasteiger partial charge in [-0.1, -0.05) is 30.3 Å². The molecule has 112 valence electrons. The van der Waals surface area contributed by atoms with Gasteiger partial charge >= 0.3 is 0 Å². The van der Waals surface area contributed by atoms with Crippen LogP contribution in [0.3, 0.4) is 0 Å². The van der Waals surface area contributed by atoms with Crippen LogP contribution in [0.2, 0.25) is 0 Å². The number of nitriles is 2. The topological polar surface area (TPSA) is 96.1 Å². The second-order valence-corrected chi connectivity index (χ2v) is 5.03. The van der Waals surface area contributed by atoms with E-state index in [0.29, 0.717) is 18.2 Å². The maximum atomic E-state index is 9.27. The second kappa shape index (κ2) is 5.74. The molecule has 0 amide bonds. The quantitative estimate of drug-likeness (QED) is 0.734. The molecule has 23 heavy (non-hydrogen) atoms. The summed E-state index contributed by atoms with van der Waals surface area (Å²) in [5, 5.41) is 26.8. The van der Waals surface area contributed by atoms with Crippen molar-refractivity contribution in [3.63, 3.8) is 0 Å². The molecule has 0 radical (unpaired) electrons. The first-order chi connectivity index (χ1) is 11.2. The minimum absolute atomic E-state index is 0.135. The number of benzene rings is 1.